The number of hydrogen-bond donors (Lipinski definition) is 1. The number of nitrogens with zero attached hydrogens (tertiary/aromatic N) is 3. The number of thiazole rings is 1. The van der Waals surface area contributed by atoms with E-state index in [1.54, 1.807) is 11.3 Å². The SMILES string of the molecule is Cc1nc(Cc2ncc(CCN)cn2)cs1. The molecule has 0 unspecified atom stereocenters. The quantitative estimate of drug-likeness (QED) is 0.867. The summed E-state index contributed by atoms with van der Waals surface area (Å²) in [6.45, 7) is 2.63. The molecule has 0 amide bonds. The molecule has 0 aliphatic rings. The first-order chi connectivity index (χ1) is 7.78. The van der Waals surface area contributed by atoms with Crippen LogP contribution in [0.1, 0.15) is 22.1 Å². The average Bonchev–Trinajstić information content (AvgIpc) is 2.67. The normalized spacial score (nSPS) is 10.6. The van der Waals surface area contributed by atoms with Gasteiger partial charge in [0.15, 0.2) is 0 Å². The minimum atomic E-state index is 0.633. The molecule has 0 aliphatic carbocycles. The first kappa shape index (κ1) is 11.2. The number of aryl methyl sites for hydroxylation is 1. The molecule has 0 radical (unpaired) electrons. The van der Waals surface area contributed by atoms with Gasteiger partial charge in [-0.05, 0) is 25.5 Å². The Labute approximate surface area is 98.6 Å². The van der Waals surface area contributed by atoms with Crippen LogP contribution in [0, 0.1) is 6.92 Å². The molecule has 16 heavy (non-hydrogen) atoms. The highest BCUT2D eigenvalue weighted by atomic mass is 32.1. The van der Waals surface area contributed by atoms with E-state index in [0.717, 1.165) is 28.5 Å². The molecule has 0 aliphatic heterocycles. The number of hydrogen-bond acceptors (Lipinski definition) is 5. The van der Waals surface area contributed by atoms with Crippen LogP contribution in [-0.2, 0) is 12.8 Å². The molecule has 2 aromatic heterocycles. The molecule has 2 rings (SSSR count). The van der Waals surface area contributed by atoms with Gasteiger partial charge in [0.05, 0.1) is 17.1 Å². The van der Waals surface area contributed by atoms with E-state index in [1.165, 1.54) is 0 Å². The predicted octanol–water partition coefficient (Wildman–Crippen LogP) is 1.33. The average molecular weight is 234 g/mol. The van der Waals surface area contributed by atoms with Crippen molar-refractivity contribution in [3.63, 3.8) is 0 Å². The highest BCUT2D eigenvalue weighted by Gasteiger charge is 2.02. The van der Waals surface area contributed by atoms with Gasteiger partial charge in [-0.3, -0.25) is 0 Å². The lowest BCUT2D eigenvalue weighted by Gasteiger charge is -1.99. The van der Waals surface area contributed by atoms with Crippen LogP contribution in [0.2, 0.25) is 0 Å². The molecule has 0 spiro atoms. The summed E-state index contributed by atoms with van der Waals surface area (Å²) in [7, 11) is 0. The number of aromatic nitrogens is 3. The summed E-state index contributed by atoms with van der Waals surface area (Å²) in [5.74, 6) is 0.811. The van der Waals surface area contributed by atoms with Gasteiger partial charge in [-0.15, -0.1) is 11.3 Å². The molecule has 0 atom stereocenters. The molecule has 4 nitrogen and oxygen atoms in total. The summed E-state index contributed by atoms with van der Waals surface area (Å²) in [6, 6.07) is 0. The van der Waals surface area contributed by atoms with Crippen molar-refractivity contribution in [1.29, 1.82) is 0 Å². The molecule has 84 valence electrons. The lowest BCUT2D eigenvalue weighted by atomic mass is 10.2. The summed E-state index contributed by atoms with van der Waals surface area (Å²) < 4.78 is 0. The lowest BCUT2D eigenvalue weighted by molar-refractivity contribution is 0.891. The topological polar surface area (TPSA) is 64.7 Å². The Morgan fingerprint density at radius 1 is 1.31 bits per heavy atom. The minimum Gasteiger partial charge on any atom is -0.330 e. The van der Waals surface area contributed by atoms with E-state index in [0.29, 0.717) is 13.0 Å². The Hall–Kier alpha value is -1.33. The van der Waals surface area contributed by atoms with Crippen molar-refractivity contribution in [2.24, 2.45) is 5.73 Å². The number of nitrogens with two attached hydrogens (primary N) is 1. The molecule has 2 heterocycles. The van der Waals surface area contributed by atoms with Gasteiger partial charge in [0, 0.05) is 17.8 Å². The number of rotatable bonds is 4. The molecule has 0 fully saturated rings. The summed E-state index contributed by atoms with van der Waals surface area (Å²) in [5, 5.41) is 3.13. The molecule has 5 heteroatoms. The molecular formula is C11H14N4S. The van der Waals surface area contributed by atoms with Gasteiger partial charge in [0.1, 0.15) is 5.82 Å². The Kier molecular flexibility index (Phi) is 3.58. The second-order valence-electron chi connectivity index (χ2n) is 3.58. The summed E-state index contributed by atoms with van der Waals surface area (Å²) in [4.78, 5) is 13.0. The van der Waals surface area contributed by atoms with Crippen LogP contribution < -0.4 is 5.73 Å². The summed E-state index contributed by atoms with van der Waals surface area (Å²) >= 11 is 1.65. The molecule has 0 aromatic carbocycles. The van der Waals surface area contributed by atoms with Gasteiger partial charge < -0.3 is 5.73 Å². The van der Waals surface area contributed by atoms with Crippen molar-refractivity contribution in [2.75, 3.05) is 6.54 Å². The van der Waals surface area contributed by atoms with E-state index in [4.69, 9.17) is 5.73 Å². The van der Waals surface area contributed by atoms with Crippen molar-refractivity contribution in [3.05, 3.63) is 39.9 Å². The van der Waals surface area contributed by atoms with Crippen molar-refractivity contribution in [3.8, 4) is 0 Å². The van der Waals surface area contributed by atoms with Crippen LogP contribution in [0.15, 0.2) is 17.8 Å². The molecule has 0 saturated heterocycles. The van der Waals surface area contributed by atoms with Crippen molar-refractivity contribution in [1.82, 2.24) is 15.0 Å². The standard InChI is InChI=1S/C11H14N4S/c1-8-15-10(7-16-8)4-11-13-5-9(2-3-12)6-14-11/h5-7H,2-4,12H2,1H3. The lowest BCUT2D eigenvalue weighted by Crippen LogP contribution is -2.05. The molecule has 2 N–H and O–H groups in total. The van der Waals surface area contributed by atoms with Gasteiger partial charge in [-0.25, -0.2) is 15.0 Å². The minimum absolute atomic E-state index is 0.633. The van der Waals surface area contributed by atoms with Gasteiger partial charge in [-0.1, -0.05) is 0 Å². The maximum absolute atomic E-state index is 5.46. The van der Waals surface area contributed by atoms with Crippen LogP contribution >= 0.6 is 11.3 Å². The summed E-state index contributed by atoms with van der Waals surface area (Å²) in [6.07, 6.45) is 5.21. The Bertz CT molecular complexity index is 449. The van der Waals surface area contributed by atoms with Gasteiger partial charge >= 0.3 is 0 Å². The van der Waals surface area contributed by atoms with Crippen molar-refractivity contribution in [2.45, 2.75) is 19.8 Å². The first-order valence-electron chi connectivity index (χ1n) is 5.19. The van der Waals surface area contributed by atoms with Crippen molar-refractivity contribution >= 4 is 11.3 Å². The molecule has 0 saturated carbocycles. The third kappa shape index (κ3) is 2.84. The highest BCUT2D eigenvalue weighted by Crippen LogP contribution is 2.10. The zero-order valence-electron chi connectivity index (χ0n) is 9.18. The third-order valence-corrected chi connectivity index (χ3v) is 3.02. The maximum Gasteiger partial charge on any atom is 0.134 e. The second-order valence-corrected chi connectivity index (χ2v) is 4.64. The Balaban J connectivity index is 2.05. The summed E-state index contributed by atoms with van der Waals surface area (Å²) in [5.41, 5.74) is 7.58. The van der Waals surface area contributed by atoms with E-state index >= 15 is 0 Å². The van der Waals surface area contributed by atoms with E-state index in [2.05, 4.69) is 15.0 Å². The second kappa shape index (κ2) is 5.14. The zero-order valence-corrected chi connectivity index (χ0v) is 10.00. The van der Waals surface area contributed by atoms with Gasteiger partial charge in [0.2, 0.25) is 0 Å². The van der Waals surface area contributed by atoms with Crippen molar-refractivity contribution < 1.29 is 0 Å². The van der Waals surface area contributed by atoms with Crippen LogP contribution in [0.5, 0.6) is 0 Å². The Morgan fingerprint density at radius 2 is 2.06 bits per heavy atom. The Morgan fingerprint density at radius 3 is 2.62 bits per heavy atom. The third-order valence-electron chi connectivity index (χ3n) is 2.20. The fraction of sp³-hybridized carbons (Fsp3) is 0.364. The zero-order chi connectivity index (χ0) is 11.4. The predicted molar refractivity (Wildman–Crippen MR) is 64.4 cm³/mol. The van der Waals surface area contributed by atoms with E-state index in [9.17, 15) is 0 Å². The van der Waals surface area contributed by atoms with Gasteiger partial charge in [0.25, 0.3) is 0 Å². The van der Waals surface area contributed by atoms with E-state index in [-0.39, 0.29) is 0 Å². The van der Waals surface area contributed by atoms with Crippen LogP contribution in [0.4, 0.5) is 0 Å². The highest BCUT2D eigenvalue weighted by molar-refractivity contribution is 7.09. The van der Waals surface area contributed by atoms with E-state index < -0.39 is 0 Å². The fourth-order valence-corrected chi connectivity index (χ4v) is 2.03. The maximum atomic E-state index is 5.46. The molecular weight excluding hydrogens is 220 g/mol. The first-order valence-corrected chi connectivity index (χ1v) is 6.07. The van der Waals surface area contributed by atoms with Gasteiger partial charge in [-0.2, -0.15) is 0 Å². The largest absolute Gasteiger partial charge is 0.330 e. The van der Waals surface area contributed by atoms with E-state index in [1.807, 2.05) is 24.7 Å². The fourth-order valence-electron chi connectivity index (χ4n) is 1.42. The van der Waals surface area contributed by atoms with Crippen LogP contribution in [0.3, 0.4) is 0 Å². The smallest absolute Gasteiger partial charge is 0.134 e. The monoisotopic (exact) mass is 234 g/mol. The van der Waals surface area contributed by atoms with Crippen LogP contribution in [0.25, 0.3) is 0 Å². The van der Waals surface area contributed by atoms with Crippen LogP contribution in [-0.4, -0.2) is 21.5 Å². The molecule has 2 aromatic rings. The molecule has 0 bridgehead atoms.